The zero-order valence-corrected chi connectivity index (χ0v) is 12.2. The van der Waals surface area contributed by atoms with Gasteiger partial charge in [0.05, 0.1) is 13.5 Å². The van der Waals surface area contributed by atoms with Crippen molar-refractivity contribution in [2.45, 2.75) is 32.9 Å². The van der Waals surface area contributed by atoms with Crippen LogP contribution in [0.5, 0.6) is 0 Å². The van der Waals surface area contributed by atoms with Gasteiger partial charge in [-0.2, -0.15) is 0 Å². The number of benzene rings is 1. The third kappa shape index (κ3) is 4.35. The maximum absolute atomic E-state index is 12.1. The number of hydrogen-bond donors (Lipinski definition) is 2. The molecule has 0 heterocycles. The quantitative estimate of drug-likeness (QED) is 0.761. The highest BCUT2D eigenvalue weighted by Gasteiger charge is 2.24. The van der Waals surface area contributed by atoms with Crippen molar-refractivity contribution in [2.75, 3.05) is 7.11 Å². The minimum atomic E-state index is -0.627. The lowest BCUT2D eigenvalue weighted by molar-refractivity contribution is -0.146. The second-order valence-corrected chi connectivity index (χ2v) is 4.96. The number of carbonyl (C=O) groups is 2. The van der Waals surface area contributed by atoms with Gasteiger partial charge in [-0.1, -0.05) is 38.1 Å². The van der Waals surface area contributed by atoms with Crippen molar-refractivity contribution in [3.8, 4) is 0 Å². The van der Waals surface area contributed by atoms with E-state index in [1.165, 1.54) is 7.11 Å². The van der Waals surface area contributed by atoms with Crippen molar-refractivity contribution in [2.24, 2.45) is 11.7 Å². The Morgan fingerprint density at radius 2 is 1.85 bits per heavy atom. The van der Waals surface area contributed by atoms with E-state index in [-0.39, 0.29) is 18.2 Å². The van der Waals surface area contributed by atoms with Crippen molar-refractivity contribution in [3.63, 3.8) is 0 Å². The summed E-state index contributed by atoms with van der Waals surface area (Å²) in [7, 11) is 1.31. The Hall–Kier alpha value is -1.88. The topological polar surface area (TPSA) is 81.4 Å². The van der Waals surface area contributed by atoms with Crippen LogP contribution in [0.2, 0.25) is 0 Å². The fourth-order valence-electron chi connectivity index (χ4n) is 1.95. The lowest BCUT2D eigenvalue weighted by atomic mass is 10.0. The summed E-state index contributed by atoms with van der Waals surface area (Å²) < 4.78 is 4.70. The van der Waals surface area contributed by atoms with Gasteiger partial charge in [-0.15, -0.1) is 0 Å². The Morgan fingerprint density at radius 3 is 2.35 bits per heavy atom. The van der Waals surface area contributed by atoms with Crippen LogP contribution in [-0.2, 0) is 27.3 Å². The highest BCUT2D eigenvalue weighted by Crippen LogP contribution is 2.10. The lowest BCUT2D eigenvalue weighted by Gasteiger charge is -2.20. The van der Waals surface area contributed by atoms with E-state index in [0.717, 1.165) is 11.1 Å². The molecule has 0 saturated heterocycles. The monoisotopic (exact) mass is 278 g/mol. The molecule has 3 N–H and O–H groups in total. The number of ether oxygens (including phenoxy) is 1. The number of methoxy groups -OCH3 is 1. The molecule has 0 aliphatic heterocycles. The molecule has 1 atom stereocenters. The summed E-state index contributed by atoms with van der Waals surface area (Å²) in [5, 5.41) is 2.71. The molecule has 0 saturated carbocycles. The molecule has 0 aliphatic carbocycles. The van der Waals surface area contributed by atoms with Gasteiger partial charge in [-0.3, -0.25) is 4.79 Å². The largest absolute Gasteiger partial charge is 0.467 e. The van der Waals surface area contributed by atoms with Crippen molar-refractivity contribution in [3.05, 3.63) is 35.4 Å². The van der Waals surface area contributed by atoms with Crippen LogP contribution in [0.15, 0.2) is 24.3 Å². The Morgan fingerprint density at radius 1 is 1.25 bits per heavy atom. The molecule has 1 aromatic carbocycles. The van der Waals surface area contributed by atoms with Gasteiger partial charge in [0.2, 0.25) is 5.91 Å². The average molecular weight is 278 g/mol. The molecule has 5 nitrogen and oxygen atoms in total. The lowest BCUT2D eigenvalue weighted by Crippen LogP contribution is -2.45. The smallest absolute Gasteiger partial charge is 0.328 e. The molecule has 20 heavy (non-hydrogen) atoms. The van der Waals surface area contributed by atoms with Crippen LogP contribution >= 0.6 is 0 Å². The van der Waals surface area contributed by atoms with Crippen LogP contribution in [0.3, 0.4) is 0 Å². The van der Waals surface area contributed by atoms with E-state index in [9.17, 15) is 9.59 Å². The first-order chi connectivity index (χ1) is 9.49. The minimum Gasteiger partial charge on any atom is -0.467 e. The molecule has 0 radical (unpaired) electrons. The molecular formula is C15H22N2O3. The van der Waals surface area contributed by atoms with E-state index < -0.39 is 12.0 Å². The predicted octanol–water partition coefficient (Wildman–Crippen LogP) is 1.00. The number of rotatable bonds is 6. The van der Waals surface area contributed by atoms with E-state index in [4.69, 9.17) is 10.5 Å². The van der Waals surface area contributed by atoms with Gasteiger partial charge >= 0.3 is 5.97 Å². The molecule has 1 amide bonds. The van der Waals surface area contributed by atoms with E-state index in [2.05, 4.69) is 5.32 Å². The first-order valence-corrected chi connectivity index (χ1v) is 6.63. The minimum absolute atomic E-state index is 0.0313. The zero-order chi connectivity index (χ0) is 15.1. The van der Waals surface area contributed by atoms with Gasteiger partial charge in [-0.25, -0.2) is 4.79 Å². The van der Waals surface area contributed by atoms with Gasteiger partial charge in [0, 0.05) is 6.54 Å². The number of carbonyl (C=O) groups excluding carboxylic acids is 2. The normalized spacial score (nSPS) is 12.1. The Kier molecular flexibility index (Phi) is 6.18. The van der Waals surface area contributed by atoms with Gasteiger partial charge < -0.3 is 15.8 Å². The summed E-state index contributed by atoms with van der Waals surface area (Å²) in [5.74, 6) is -0.674. The first-order valence-electron chi connectivity index (χ1n) is 6.63. The highest BCUT2D eigenvalue weighted by molar-refractivity contribution is 5.85. The van der Waals surface area contributed by atoms with E-state index >= 15 is 0 Å². The number of amides is 1. The molecule has 110 valence electrons. The van der Waals surface area contributed by atoms with Gasteiger partial charge in [-0.05, 0) is 17.0 Å². The van der Waals surface area contributed by atoms with Gasteiger partial charge in [0.25, 0.3) is 0 Å². The Bertz CT molecular complexity index is 472. The van der Waals surface area contributed by atoms with Crippen LogP contribution in [0, 0.1) is 5.92 Å². The summed E-state index contributed by atoms with van der Waals surface area (Å²) in [5.41, 5.74) is 7.45. The van der Waals surface area contributed by atoms with Crippen LogP contribution < -0.4 is 11.1 Å². The maximum atomic E-state index is 12.1. The molecule has 1 rings (SSSR count). The standard InChI is InChI=1S/C15H22N2O3/c1-10(2)14(15(19)20-3)17-13(18)8-11-6-4-5-7-12(11)9-16/h4-7,10,14H,8-9,16H2,1-3H3,(H,17,18). The Labute approximate surface area is 119 Å². The molecule has 0 bridgehead atoms. The summed E-state index contributed by atoms with van der Waals surface area (Å²) in [6, 6.07) is 6.88. The summed E-state index contributed by atoms with van der Waals surface area (Å²) in [4.78, 5) is 23.7. The number of esters is 1. The number of hydrogen-bond acceptors (Lipinski definition) is 4. The van der Waals surface area contributed by atoms with Crippen molar-refractivity contribution < 1.29 is 14.3 Å². The SMILES string of the molecule is COC(=O)C(NC(=O)Cc1ccccc1CN)C(C)C. The molecule has 0 aromatic heterocycles. The van der Waals surface area contributed by atoms with Crippen molar-refractivity contribution in [1.82, 2.24) is 5.32 Å². The van der Waals surface area contributed by atoms with Crippen LogP contribution in [0.1, 0.15) is 25.0 Å². The fourth-order valence-corrected chi connectivity index (χ4v) is 1.95. The first kappa shape index (κ1) is 16.2. The molecule has 1 aromatic rings. The third-order valence-electron chi connectivity index (χ3n) is 3.13. The second-order valence-electron chi connectivity index (χ2n) is 4.96. The molecule has 5 heteroatoms. The van der Waals surface area contributed by atoms with Gasteiger partial charge in [0.15, 0.2) is 0 Å². The average Bonchev–Trinajstić information content (AvgIpc) is 2.44. The third-order valence-corrected chi connectivity index (χ3v) is 3.13. The van der Waals surface area contributed by atoms with E-state index in [1.54, 1.807) is 0 Å². The highest BCUT2D eigenvalue weighted by atomic mass is 16.5. The Balaban J connectivity index is 2.73. The van der Waals surface area contributed by atoms with E-state index in [1.807, 2.05) is 38.1 Å². The molecular weight excluding hydrogens is 256 g/mol. The molecule has 0 aliphatic rings. The van der Waals surface area contributed by atoms with Crippen LogP contribution in [0.4, 0.5) is 0 Å². The second kappa shape index (κ2) is 7.65. The number of nitrogens with one attached hydrogen (secondary N) is 1. The summed E-state index contributed by atoms with van der Waals surface area (Å²) in [6.07, 6.45) is 0.202. The zero-order valence-electron chi connectivity index (χ0n) is 12.2. The molecule has 1 unspecified atom stereocenters. The summed E-state index contributed by atoms with van der Waals surface area (Å²) >= 11 is 0. The molecule has 0 fully saturated rings. The molecule has 0 spiro atoms. The number of nitrogens with two attached hydrogens (primary N) is 1. The van der Waals surface area contributed by atoms with Crippen LogP contribution in [0.25, 0.3) is 0 Å². The maximum Gasteiger partial charge on any atom is 0.328 e. The fraction of sp³-hybridized carbons (Fsp3) is 0.467. The van der Waals surface area contributed by atoms with Crippen molar-refractivity contribution in [1.29, 1.82) is 0 Å². The summed E-state index contributed by atoms with van der Waals surface area (Å²) in [6.45, 7) is 4.10. The predicted molar refractivity (Wildman–Crippen MR) is 76.8 cm³/mol. The van der Waals surface area contributed by atoms with Gasteiger partial charge in [0.1, 0.15) is 6.04 Å². The van der Waals surface area contributed by atoms with Crippen LogP contribution in [-0.4, -0.2) is 25.0 Å². The van der Waals surface area contributed by atoms with Crippen molar-refractivity contribution >= 4 is 11.9 Å². The van der Waals surface area contributed by atoms with E-state index in [0.29, 0.717) is 6.54 Å².